The summed E-state index contributed by atoms with van der Waals surface area (Å²) in [5, 5.41) is 10.2. The summed E-state index contributed by atoms with van der Waals surface area (Å²) in [6.07, 6.45) is 11.4. The maximum absolute atomic E-state index is 13.3. The Labute approximate surface area is 160 Å². The van der Waals surface area contributed by atoms with Crippen LogP contribution in [0.5, 0.6) is 0 Å². The monoisotopic (exact) mass is 360 g/mol. The van der Waals surface area contributed by atoms with E-state index in [1.807, 2.05) is 0 Å². The fourth-order valence-electron chi connectivity index (χ4n) is 8.54. The number of hydrogen-bond donors (Lipinski definition) is 1. The van der Waals surface area contributed by atoms with Gasteiger partial charge in [0, 0.05) is 12.3 Å². The minimum atomic E-state index is -0.169. The van der Waals surface area contributed by atoms with Crippen LogP contribution in [0.2, 0.25) is 0 Å². The van der Waals surface area contributed by atoms with Crippen LogP contribution in [0.4, 0.5) is 0 Å². The number of hydrogen-bond acceptors (Lipinski definition) is 2. The van der Waals surface area contributed by atoms with Crippen molar-refractivity contribution >= 4 is 5.78 Å². The molecule has 2 nitrogen and oxygen atoms in total. The van der Waals surface area contributed by atoms with Gasteiger partial charge in [0.2, 0.25) is 0 Å². The first-order chi connectivity index (χ1) is 12.3. The zero-order chi connectivity index (χ0) is 18.7. The van der Waals surface area contributed by atoms with E-state index in [4.69, 9.17) is 0 Å². The van der Waals surface area contributed by atoms with Crippen LogP contribution in [-0.4, -0.2) is 17.0 Å². The molecule has 26 heavy (non-hydrogen) atoms. The van der Waals surface area contributed by atoms with Crippen LogP contribution in [0.15, 0.2) is 0 Å². The van der Waals surface area contributed by atoms with E-state index in [1.165, 1.54) is 38.5 Å². The molecule has 0 heterocycles. The van der Waals surface area contributed by atoms with Gasteiger partial charge in [0.1, 0.15) is 5.78 Å². The number of carbonyl (C=O) groups excluding carboxylic acids is 1. The molecule has 0 aliphatic heterocycles. The van der Waals surface area contributed by atoms with Gasteiger partial charge in [0.25, 0.3) is 0 Å². The highest BCUT2D eigenvalue weighted by Crippen LogP contribution is 2.67. The van der Waals surface area contributed by atoms with Crippen LogP contribution in [0.3, 0.4) is 0 Å². The first-order valence-corrected chi connectivity index (χ1v) is 11.5. The maximum Gasteiger partial charge on any atom is 0.136 e. The summed E-state index contributed by atoms with van der Waals surface area (Å²) >= 11 is 0. The molecule has 0 radical (unpaired) electrons. The predicted octanol–water partition coefficient (Wildman–Crippen LogP) is 5.62. The Morgan fingerprint density at radius 3 is 2.50 bits per heavy atom. The Hall–Kier alpha value is -0.370. The first-order valence-electron chi connectivity index (χ1n) is 11.5. The average molecular weight is 361 g/mol. The number of fused-ring (bicyclic) bond motifs is 5. The van der Waals surface area contributed by atoms with Crippen molar-refractivity contribution < 1.29 is 9.90 Å². The summed E-state index contributed by atoms with van der Waals surface area (Å²) in [7, 11) is 0. The predicted molar refractivity (Wildman–Crippen MR) is 106 cm³/mol. The fraction of sp³-hybridized carbons (Fsp3) is 0.958. The molecule has 1 N–H and O–H groups in total. The van der Waals surface area contributed by atoms with E-state index in [-0.39, 0.29) is 6.10 Å². The van der Waals surface area contributed by atoms with Gasteiger partial charge in [-0.25, -0.2) is 0 Å². The number of Topliss-reactive ketones (excluding diaryl/α,β-unsaturated/α-hetero) is 1. The van der Waals surface area contributed by atoms with Gasteiger partial charge in [0.15, 0.2) is 0 Å². The second-order valence-electron chi connectivity index (χ2n) is 11.0. The van der Waals surface area contributed by atoms with Crippen LogP contribution in [0.1, 0.15) is 91.9 Å². The topological polar surface area (TPSA) is 37.3 Å². The Kier molecular flexibility index (Phi) is 4.82. The molecular weight excluding hydrogens is 320 g/mol. The molecule has 0 aromatic rings. The third kappa shape index (κ3) is 2.65. The van der Waals surface area contributed by atoms with Crippen LogP contribution in [0.25, 0.3) is 0 Å². The second-order valence-corrected chi connectivity index (χ2v) is 11.0. The minimum absolute atomic E-state index is 0.169. The van der Waals surface area contributed by atoms with Crippen molar-refractivity contribution in [2.24, 2.45) is 46.3 Å². The molecule has 4 saturated carbocycles. The molecule has 0 bridgehead atoms. The van der Waals surface area contributed by atoms with Crippen molar-refractivity contribution in [2.75, 3.05) is 0 Å². The molecule has 4 aliphatic carbocycles. The van der Waals surface area contributed by atoms with Crippen LogP contribution < -0.4 is 0 Å². The zero-order valence-electron chi connectivity index (χ0n) is 17.5. The van der Waals surface area contributed by atoms with Gasteiger partial charge in [0.05, 0.1) is 6.10 Å². The van der Waals surface area contributed by atoms with Crippen molar-refractivity contribution in [3.8, 4) is 0 Å². The lowest BCUT2D eigenvalue weighted by atomic mass is 9.44. The van der Waals surface area contributed by atoms with Gasteiger partial charge in [-0.3, -0.25) is 4.79 Å². The van der Waals surface area contributed by atoms with E-state index in [0.717, 1.165) is 37.5 Å². The van der Waals surface area contributed by atoms with Crippen molar-refractivity contribution in [2.45, 2.75) is 98.0 Å². The van der Waals surface area contributed by atoms with E-state index in [1.54, 1.807) is 0 Å². The van der Waals surface area contributed by atoms with Gasteiger partial charge in [-0.1, -0.05) is 40.5 Å². The molecule has 0 amide bonds. The Bertz CT molecular complexity index is 556. The number of aliphatic hydroxyl groups is 1. The molecule has 0 saturated heterocycles. The van der Waals surface area contributed by atoms with E-state index >= 15 is 0 Å². The average Bonchev–Trinajstić information content (AvgIpc) is 2.94. The van der Waals surface area contributed by atoms with E-state index in [0.29, 0.717) is 40.3 Å². The largest absolute Gasteiger partial charge is 0.393 e. The summed E-state index contributed by atoms with van der Waals surface area (Å²) in [5.41, 5.74) is 0.690. The highest BCUT2D eigenvalue weighted by atomic mass is 16.3. The van der Waals surface area contributed by atoms with Gasteiger partial charge >= 0.3 is 0 Å². The van der Waals surface area contributed by atoms with E-state index in [2.05, 4.69) is 27.7 Å². The molecule has 4 fully saturated rings. The maximum atomic E-state index is 13.3. The van der Waals surface area contributed by atoms with Crippen LogP contribution in [0, 0.1) is 46.3 Å². The Morgan fingerprint density at radius 2 is 1.77 bits per heavy atom. The molecular formula is C24H40O2. The molecule has 148 valence electrons. The lowest BCUT2D eigenvalue weighted by Crippen LogP contribution is -2.57. The molecule has 0 aromatic heterocycles. The standard InChI is InChI=1S/C24H40O2/c1-5-6-15(2)18-7-8-19-22-20(10-12-24(18,19)4)23(3)11-9-17(25)13-16(23)14-21(22)26/h15-20,22,25H,5-14H2,1-4H3/t15?,16-,17+,18?,19?,20?,22?,23?,24?/m0/s1. The molecule has 4 aliphatic rings. The molecule has 4 rings (SSSR count). The number of carbonyl (C=O) groups is 1. The van der Waals surface area contributed by atoms with E-state index in [9.17, 15) is 9.90 Å². The van der Waals surface area contributed by atoms with Crippen molar-refractivity contribution in [1.29, 1.82) is 0 Å². The molecule has 2 heteroatoms. The number of ketones is 1. The number of aliphatic hydroxyl groups excluding tert-OH is 1. The molecule has 9 atom stereocenters. The van der Waals surface area contributed by atoms with Gasteiger partial charge in [-0.05, 0) is 85.4 Å². The fourth-order valence-corrected chi connectivity index (χ4v) is 8.54. The highest BCUT2D eigenvalue weighted by molar-refractivity contribution is 5.83. The van der Waals surface area contributed by atoms with Crippen LogP contribution >= 0.6 is 0 Å². The SMILES string of the molecule is CCCC(C)C1CCC2C3C(=O)C[C@@H]4C[C@H](O)CCC4(C)C3CCC12C. The van der Waals surface area contributed by atoms with Crippen molar-refractivity contribution in [3.05, 3.63) is 0 Å². The summed E-state index contributed by atoms with van der Waals surface area (Å²) in [4.78, 5) is 13.3. The van der Waals surface area contributed by atoms with Crippen LogP contribution in [-0.2, 0) is 4.79 Å². The van der Waals surface area contributed by atoms with E-state index < -0.39 is 0 Å². The normalized spacial score (nSPS) is 52.1. The van der Waals surface area contributed by atoms with Gasteiger partial charge in [-0.15, -0.1) is 0 Å². The van der Waals surface area contributed by atoms with Crippen molar-refractivity contribution in [3.63, 3.8) is 0 Å². The minimum Gasteiger partial charge on any atom is -0.393 e. The molecule has 7 unspecified atom stereocenters. The lowest BCUT2D eigenvalue weighted by Gasteiger charge is -2.60. The lowest BCUT2D eigenvalue weighted by molar-refractivity contribution is -0.160. The second kappa shape index (κ2) is 6.61. The van der Waals surface area contributed by atoms with Gasteiger partial charge in [-0.2, -0.15) is 0 Å². The molecule has 0 spiro atoms. The Morgan fingerprint density at radius 1 is 1.08 bits per heavy atom. The van der Waals surface area contributed by atoms with Crippen molar-refractivity contribution in [1.82, 2.24) is 0 Å². The summed E-state index contributed by atoms with van der Waals surface area (Å²) in [6, 6.07) is 0. The van der Waals surface area contributed by atoms with Gasteiger partial charge < -0.3 is 5.11 Å². The third-order valence-corrected chi connectivity index (χ3v) is 9.95. The zero-order valence-corrected chi connectivity index (χ0v) is 17.5. The first kappa shape index (κ1) is 19.0. The number of rotatable bonds is 3. The summed E-state index contributed by atoms with van der Waals surface area (Å²) < 4.78 is 0. The summed E-state index contributed by atoms with van der Waals surface area (Å²) in [6.45, 7) is 9.80. The Balaban J connectivity index is 1.62. The molecule has 0 aromatic carbocycles. The third-order valence-electron chi connectivity index (χ3n) is 9.95. The smallest absolute Gasteiger partial charge is 0.136 e. The highest BCUT2D eigenvalue weighted by Gasteiger charge is 2.62. The summed E-state index contributed by atoms with van der Waals surface area (Å²) in [5.74, 6) is 4.15. The quantitative estimate of drug-likeness (QED) is 0.709.